The van der Waals surface area contributed by atoms with Gasteiger partial charge < -0.3 is 10.6 Å². The summed E-state index contributed by atoms with van der Waals surface area (Å²) >= 11 is 1.16. The van der Waals surface area contributed by atoms with Crippen LogP contribution in [0.2, 0.25) is 0 Å². The molecule has 0 saturated heterocycles. The Morgan fingerprint density at radius 3 is 2.89 bits per heavy atom. The van der Waals surface area contributed by atoms with E-state index in [4.69, 9.17) is 0 Å². The van der Waals surface area contributed by atoms with Gasteiger partial charge in [-0.05, 0) is 37.6 Å². The molecule has 0 unspecified atom stereocenters. The second kappa shape index (κ2) is 5.59. The third-order valence-corrected chi connectivity index (χ3v) is 3.03. The number of carbonyl (C=O) groups is 1. The van der Waals surface area contributed by atoms with Crippen molar-refractivity contribution in [1.82, 2.24) is 9.59 Å². The second-order valence-corrected chi connectivity index (χ2v) is 4.58. The normalized spacial score (nSPS) is 10.1. The van der Waals surface area contributed by atoms with Gasteiger partial charge in [0.1, 0.15) is 5.00 Å². The largest absolute Gasteiger partial charge is 0.385 e. The minimum atomic E-state index is -0.146. The average molecular weight is 262 g/mol. The Labute approximate surface area is 109 Å². The lowest BCUT2D eigenvalue weighted by molar-refractivity contribution is 0.102. The van der Waals surface area contributed by atoms with E-state index in [-0.39, 0.29) is 5.91 Å². The molecule has 1 amide bonds. The van der Waals surface area contributed by atoms with E-state index in [9.17, 15) is 4.79 Å². The fourth-order valence-corrected chi connectivity index (χ4v) is 2.01. The predicted molar refractivity (Wildman–Crippen MR) is 73.2 cm³/mol. The van der Waals surface area contributed by atoms with Gasteiger partial charge >= 0.3 is 0 Å². The summed E-state index contributed by atoms with van der Waals surface area (Å²) in [7, 11) is 0. The van der Waals surface area contributed by atoms with Gasteiger partial charge in [-0.3, -0.25) is 4.79 Å². The number of benzene rings is 1. The first kappa shape index (κ1) is 12.5. The molecule has 1 aromatic heterocycles. The third kappa shape index (κ3) is 2.84. The Morgan fingerprint density at radius 2 is 2.28 bits per heavy atom. The van der Waals surface area contributed by atoms with Crippen molar-refractivity contribution >= 4 is 28.1 Å². The first-order valence-electron chi connectivity index (χ1n) is 5.64. The smallest absolute Gasteiger partial charge is 0.256 e. The van der Waals surface area contributed by atoms with Crippen molar-refractivity contribution in [1.29, 1.82) is 0 Å². The van der Waals surface area contributed by atoms with Crippen LogP contribution in [-0.2, 0) is 0 Å². The zero-order valence-corrected chi connectivity index (χ0v) is 11.0. The Kier molecular flexibility index (Phi) is 3.88. The summed E-state index contributed by atoms with van der Waals surface area (Å²) in [5.74, 6) is -0.146. The second-order valence-electron chi connectivity index (χ2n) is 3.80. The van der Waals surface area contributed by atoms with Gasteiger partial charge in [-0.1, -0.05) is 4.49 Å². The van der Waals surface area contributed by atoms with Crippen molar-refractivity contribution in [3.8, 4) is 0 Å². The van der Waals surface area contributed by atoms with E-state index in [1.165, 1.54) is 6.20 Å². The predicted octanol–water partition coefficient (Wildman–Crippen LogP) is 2.53. The summed E-state index contributed by atoms with van der Waals surface area (Å²) in [5, 5.41) is 10.3. The van der Waals surface area contributed by atoms with Crippen molar-refractivity contribution in [3.05, 3.63) is 35.5 Å². The highest BCUT2D eigenvalue weighted by Crippen LogP contribution is 2.18. The molecule has 2 N–H and O–H groups in total. The highest BCUT2D eigenvalue weighted by atomic mass is 32.1. The molecule has 0 saturated carbocycles. The van der Waals surface area contributed by atoms with Crippen LogP contribution in [0.4, 0.5) is 10.7 Å². The van der Waals surface area contributed by atoms with Gasteiger partial charge in [-0.15, -0.1) is 5.10 Å². The van der Waals surface area contributed by atoms with E-state index >= 15 is 0 Å². The number of rotatable bonds is 4. The maximum Gasteiger partial charge on any atom is 0.256 e. The molecule has 0 atom stereocenters. The molecule has 0 radical (unpaired) electrons. The Morgan fingerprint density at radius 1 is 1.44 bits per heavy atom. The van der Waals surface area contributed by atoms with Gasteiger partial charge in [0.05, 0.1) is 6.20 Å². The molecule has 6 heteroatoms. The molecule has 94 valence electrons. The van der Waals surface area contributed by atoms with Gasteiger partial charge in [-0.2, -0.15) is 0 Å². The lowest BCUT2D eigenvalue weighted by Gasteiger charge is -2.09. The van der Waals surface area contributed by atoms with Crippen LogP contribution in [0.25, 0.3) is 0 Å². The van der Waals surface area contributed by atoms with E-state index in [0.29, 0.717) is 10.6 Å². The molecule has 2 aromatic rings. The molecule has 1 aromatic carbocycles. The van der Waals surface area contributed by atoms with E-state index in [2.05, 4.69) is 20.2 Å². The number of aromatic nitrogens is 2. The lowest BCUT2D eigenvalue weighted by atomic mass is 10.1. The number of hydrogen-bond donors (Lipinski definition) is 2. The maximum atomic E-state index is 12.0. The molecular weight excluding hydrogens is 248 g/mol. The topological polar surface area (TPSA) is 66.9 Å². The summed E-state index contributed by atoms with van der Waals surface area (Å²) in [6, 6.07) is 5.58. The van der Waals surface area contributed by atoms with Gasteiger partial charge in [-0.25, -0.2) is 0 Å². The number of carbonyl (C=O) groups excluding carboxylic acids is 1. The Balaban J connectivity index is 2.13. The van der Waals surface area contributed by atoms with Crippen LogP contribution >= 0.6 is 11.5 Å². The fraction of sp³-hybridized carbons (Fsp3) is 0.250. The zero-order chi connectivity index (χ0) is 13.0. The van der Waals surface area contributed by atoms with Crippen LogP contribution in [0.3, 0.4) is 0 Å². The van der Waals surface area contributed by atoms with Crippen molar-refractivity contribution in [2.24, 2.45) is 0 Å². The third-order valence-electron chi connectivity index (χ3n) is 2.45. The van der Waals surface area contributed by atoms with E-state index < -0.39 is 0 Å². The molecule has 0 aliphatic carbocycles. The molecule has 5 nitrogen and oxygen atoms in total. The molecule has 0 spiro atoms. The number of nitrogens with one attached hydrogen (secondary N) is 2. The number of amides is 1. The van der Waals surface area contributed by atoms with Crippen molar-refractivity contribution in [2.45, 2.75) is 13.8 Å². The molecule has 0 fully saturated rings. The van der Waals surface area contributed by atoms with Crippen LogP contribution in [0.5, 0.6) is 0 Å². The Bertz CT molecular complexity index is 539. The Hall–Kier alpha value is -1.95. The number of hydrogen-bond acceptors (Lipinski definition) is 5. The molecule has 0 aliphatic rings. The van der Waals surface area contributed by atoms with Gasteiger partial charge in [0, 0.05) is 29.3 Å². The van der Waals surface area contributed by atoms with Crippen LogP contribution < -0.4 is 10.6 Å². The number of aryl methyl sites for hydroxylation is 1. The monoisotopic (exact) mass is 262 g/mol. The highest BCUT2D eigenvalue weighted by Gasteiger charge is 2.09. The number of anilines is 2. The van der Waals surface area contributed by atoms with Crippen LogP contribution in [0, 0.1) is 6.92 Å². The van der Waals surface area contributed by atoms with Crippen LogP contribution in [0.1, 0.15) is 22.8 Å². The molecular formula is C12H14N4OS. The SMILES string of the molecule is CCNc1ccc(C(=O)Nc2cnns2)cc1C. The molecule has 2 rings (SSSR count). The van der Waals surface area contributed by atoms with Gasteiger partial charge in [0.25, 0.3) is 5.91 Å². The highest BCUT2D eigenvalue weighted by molar-refractivity contribution is 7.10. The molecule has 0 aliphatic heterocycles. The summed E-state index contributed by atoms with van der Waals surface area (Å²) in [4.78, 5) is 12.0. The molecule has 18 heavy (non-hydrogen) atoms. The van der Waals surface area contributed by atoms with Gasteiger partial charge in [0.15, 0.2) is 0 Å². The van der Waals surface area contributed by atoms with Crippen molar-refractivity contribution in [3.63, 3.8) is 0 Å². The summed E-state index contributed by atoms with van der Waals surface area (Å²) in [6.45, 7) is 4.87. The van der Waals surface area contributed by atoms with Crippen molar-refractivity contribution < 1.29 is 4.79 Å². The fourth-order valence-electron chi connectivity index (χ4n) is 1.60. The molecule has 0 bridgehead atoms. The van der Waals surface area contributed by atoms with E-state index in [1.54, 1.807) is 6.07 Å². The number of nitrogens with zero attached hydrogens (tertiary/aromatic N) is 2. The minimum Gasteiger partial charge on any atom is -0.385 e. The molecule has 1 heterocycles. The quantitative estimate of drug-likeness (QED) is 0.888. The average Bonchev–Trinajstić information content (AvgIpc) is 2.84. The van der Waals surface area contributed by atoms with Crippen LogP contribution in [0.15, 0.2) is 24.4 Å². The maximum absolute atomic E-state index is 12.0. The van der Waals surface area contributed by atoms with E-state index in [0.717, 1.165) is 29.3 Å². The lowest BCUT2D eigenvalue weighted by Crippen LogP contribution is -2.11. The van der Waals surface area contributed by atoms with Crippen molar-refractivity contribution in [2.75, 3.05) is 17.2 Å². The van der Waals surface area contributed by atoms with E-state index in [1.807, 2.05) is 26.0 Å². The zero-order valence-electron chi connectivity index (χ0n) is 10.2. The minimum absolute atomic E-state index is 0.146. The van der Waals surface area contributed by atoms with Crippen LogP contribution in [-0.4, -0.2) is 22.0 Å². The summed E-state index contributed by atoms with van der Waals surface area (Å²) in [5.41, 5.74) is 2.72. The van der Waals surface area contributed by atoms with Gasteiger partial charge in [0.2, 0.25) is 0 Å². The standard InChI is InChI=1S/C12H14N4OS/c1-3-13-10-5-4-9(6-8(10)2)12(17)15-11-7-14-16-18-11/h4-7,13H,3H2,1-2H3,(H,15,17). The first-order chi connectivity index (χ1) is 8.70. The summed E-state index contributed by atoms with van der Waals surface area (Å²) in [6.07, 6.45) is 1.53. The first-order valence-corrected chi connectivity index (χ1v) is 6.41. The summed E-state index contributed by atoms with van der Waals surface area (Å²) < 4.78 is 3.69.